The van der Waals surface area contributed by atoms with E-state index in [-0.39, 0.29) is 11.4 Å². The number of rotatable bonds is 2. The molecule has 1 amide bonds. The number of amidine groups is 1. The molecule has 1 saturated carbocycles. The summed E-state index contributed by atoms with van der Waals surface area (Å²) in [5.41, 5.74) is 2.62. The number of amides is 1. The van der Waals surface area contributed by atoms with Crippen LogP contribution in [0.25, 0.3) is 0 Å². The van der Waals surface area contributed by atoms with Gasteiger partial charge < -0.3 is 15.5 Å². The molecule has 2 aromatic rings. The highest BCUT2D eigenvalue weighted by Gasteiger charge is 2.43. The Hall–Kier alpha value is -2.89. The number of hydrogen-bond acceptors (Lipinski definition) is 4. The highest BCUT2D eigenvalue weighted by Crippen LogP contribution is 2.38. The summed E-state index contributed by atoms with van der Waals surface area (Å²) in [6, 6.07) is 12.4. The Kier molecular flexibility index (Phi) is 4.70. The largest absolute Gasteiger partial charge is 0.371 e. The van der Waals surface area contributed by atoms with E-state index in [1.807, 2.05) is 23.1 Å². The molecule has 1 aliphatic carbocycles. The highest BCUT2D eigenvalue weighted by atomic mass is 16.2. The molecule has 0 atom stereocenters. The first-order valence-corrected chi connectivity index (χ1v) is 10.7. The number of likely N-dealkylation sites (tertiary alicyclic amines) is 1. The van der Waals surface area contributed by atoms with E-state index in [1.54, 1.807) is 12.4 Å². The van der Waals surface area contributed by atoms with E-state index in [1.165, 1.54) is 25.7 Å². The SMILES string of the molecule is O=C(c1cccnc1)N1CCC2(CC1)Nc1ccccc1NC2=NC1CCCC1. The normalized spacial score (nSPS) is 22.2. The number of para-hydroxylation sites is 2. The van der Waals surface area contributed by atoms with E-state index in [2.05, 4.69) is 33.8 Å². The molecule has 3 aliphatic rings. The van der Waals surface area contributed by atoms with Crippen LogP contribution in [0.4, 0.5) is 11.4 Å². The maximum absolute atomic E-state index is 12.8. The third-order valence-corrected chi connectivity index (χ3v) is 6.46. The Balaban J connectivity index is 1.39. The molecule has 1 aromatic heterocycles. The lowest BCUT2D eigenvalue weighted by Crippen LogP contribution is -2.59. The van der Waals surface area contributed by atoms with Gasteiger partial charge in [0, 0.05) is 25.5 Å². The molecular formula is C23H27N5O. The molecule has 2 aliphatic heterocycles. The molecule has 6 nitrogen and oxygen atoms in total. The van der Waals surface area contributed by atoms with Crippen molar-refractivity contribution >= 4 is 23.1 Å². The molecule has 0 unspecified atom stereocenters. The lowest BCUT2D eigenvalue weighted by atomic mass is 9.83. The summed E-state index contributed by atoms with van der Waals surface area (Å²) < 4.78 is 0. The summed E-state index contributed by atoms with van der Waals surface area (Å²) in [4.78, 5) is 24.0. The zero-order valence-corrected chi connectivity index (χ0v) is 16.6. The summed E-state index contributed by atoms with van der Waals surface area (Å²) in [6.45, 7) is 1.41. The Morgan fingerprint density at radius 3 is 2.55 bits per heavy atom. The topological polar surface area (TPSA) is 69.6 Å². The number of hydrogen-bond donors (Lipinski definition) is 2. The maximum atomic E-state index is 12.8. The Bertz CT molecular complexity index is 912. The highest BCUT2D eigenvalue weighted by molar-refractivity contribution is 6.09. The van der Waals surface area contributed by atoms with Gasteiger partial charge in [0.25, 0.3) is 5.91 Å². The van der Waals surface area contributed by atoms with Crippen LogP contribution in [0.2, 0.25) is 0 Å². The minimum Gasteiger partial charge on any atom is -0.371 e. The van der Waals surface area contributed by atoms with E-state index in [0.29, 0.717) is 24.7 Å². The molecule has 29 heavy (non-hydrogen) atoms. The molecule has 1 spiro atoms. The fraction of sp³-hybridized carbons (Fsp3) is 0.435. The smallest absolute Gasteiger partial charge is 0.255 e. The number of benzene rings is 1. The zero-order chi connectivity index (χ0) is 19.7. The zero-order valence-electron chi connectivity index (χ0n) is 16.6. The van der Waals surface area contributed by atoms with Gasteiger partial charge in [0.2, 0.25) is 0 Å². The average Bonchev–Trinajstić information content (AvgIpc) is 3.28. The summed E-state index contributed by atoms with van der Waals surface area (Å²) in [5, 5.41) is 7.43. The van der Waals surface area contributed by atoms with Gasteiger partial charge in [-0.2, -0.15) is 0 Å². The number of carbonyl (C=O) groups excluding carboxylic acids is 1. The second-order valence-electron chi connectivity index (χ2n) is 8.33. The van der Waals surface area contributed by atoms with Crippen LogP contribution in [0.5, 0.6) is 0 Å². The Morgan fingerprint density at radius 1 is 1.07 bits per heavy atom. The van der Waals surface area contributed by atoms with Crippen molar-refractivity contribution in [1.82, 2.24) is 9.88 Å². The molecule has 1 aromatic carbocycles. The van der Waals surface area contributed by atoms with Crippen molar-refractivity contribution in [2.45, 2.75) is 50.1 Å². The predicted molar refractivity (Wildman–Crippen MR) is 115 cm³/mol. The lowest BCUT2D eigenvalue weighted by molar-refractivity contribution is 0.0704. The van der Waals surface area contributed by atoms with Crippen LogP contribution >= 0.6 is 0 Å². The number of aromatic nitrogens is 1. The average molecular weight is 390 g/mol. The summed E-state index contributed by atoms with van der Waals surface area (Å²) in [6.07, 6.45) is 9.91. The van der Waals surface area contributed by atoms with Crippen molar-refractivity contribution in [2.75, 3.05) is 23.7 Å². The quantitative estimate of drug-likeness (QED) is 0.816. The molecule has 5 rings (SSSR count). The first-order chi connectivity index (χ1) is 14.2. The third kappa shape index (κ3) is 3.48. The first kappa shape index (κ1) is 18.2. The lowest BCUT2D eigenvalue weighted by Gasteiger charge is -2.46. The van der Waals surface area contributed by atoms with Gasteiger partial charge in [-0.15, -0.1) is 0 Å². The van der Waals surface area contributed by atoms with E-state index >= 15 is 0 Å². The fourth-order valence-corrected chi connectivity index (χ4v) is 4.76. The Morgan fingerprint density at radius 2 is 1.83 bits per heavy atom. The number of fused-ring (bicyclic) bond motifs is 1. The van der Waals surface area contributed by atoms with Crippen LogP contribution < -0.4 is 10.6 Å². The van der Waals surface area contributed by atoms with Crippen LogP contribution in [0.3, 0.4) is 0 Å². The molecular weight excluding hydrogens is 362 g/mol. The second-order valence-corrected chi connectivity index (χ2v) is 8.33. The number of nitrogens with zero attached hydrogens (tertiary/aromatic N) is 3. The van der Waals surface area contributed by atoms with Crippen molar-refractivity contribution < 1.29 is 4.79 Å². The number of nitrogens with one attached hydrogen (secondary N) is 2. The van der Waals surface area contributed by atoms with E-state index in [0.717, 1.165) is 30.1 Å². The molecule has 0 bridgehead atoms. The number of anilines is 2. The van der Waals surface area contributed by atoms with E-state index in [9.17, 15) is 4.79 Å². The monoisotopic (exact) mass is 389 g/mol. The Labute approximate surface area is 171 Å². The number of carbonyl (C=O) groups is 1. The molecule has 6 heteroatoms. The van der Waals surface area contributed by atoms with Crippen molar-refractivity contribution in [3.05, 3.63) is 54.4 Å². The second kappa shape index (κ2) is 7.50. The van der Waals surface area contributed by atoms with Crippen LogP contribution in [-0.4, -0.2) is 46.3 Å². The van der Waals surface area contributed by atoms with Gasteiger partial charge in [-0.3, -0.25) is 14.8 Å². The molecule has 2 N–H and O–H groups in total. The van der Waals surface area contributed by atoms with Crippen molar-refractivity contribution in [3.63, 3.8) is 0 Å². The first-order valence-electron chi connectivity index (χ1n) is 10.7. The third-order valence-electron chi connectivity index (χ3n) is 6.46. The van der Waals surface area contributed by atoms with Gasteiger partial charge in [-0.05, 0) is 49.9 Å². The summed E-state index contributed by atoms with van der Waals surface area (Å²) in [5.74, 6) is 1.11. The van der Waals surface area contributed by atoms with Gasteiger partial charge in [0.05, 0.1) is 28.5 Å². The molecule has 3 heterocycles. The van der Waals surface area contributed by atoms with Gasteiger partial charge in [0.1, 0.15) is 5.84 Å². The van der Waals surface area contributed by atoms with E-state index in [4.69, 9.17) is 4.99 Å². The van der Waals surface area contributed by atoms with Gasteiger partial charge >= 0.3 is 0 Å². The van der Waals surface area contributed by atoms with Crippen molar-refractivity contribution in [3.8, 4) is 0 Å². The number of aliphatic imine (C=N–C) groups is 1. The minimum absolute atomic E-state index is 0.0615. The van der Waals surface area contributed by atoms with Crippen LogP contribution in [-0.2, 0) is 0 Å². The standard InChI is InChI=1S/C23H27N5O/c29-21(17-6-5-13-24-16-17)28-14-11-23(12-15-28)22(25-18-7-1-2-8-18)26-19-9-3-4-10-20(19)27-23/h3-6,9-10,13,16,18,27H,1-2,7-8,11-12,14-15H2,(H,25,26). The van der Waals surface area contributed by atoms with E-state index < -0.39 is 0 Å². The van der Waals surface area contributed by atoms with Crippen LogP contribution in [0.15, 0.2) is 53.8 Å². The van der Waals surface area contributed by atoms with Gasteiger partial charge in [-0.25, -0.2) is 0 Å². The summed E-state index contributed by atoms with van der Waals surface area (Å²) in [7, 11) is 0. The molecule has 0 radical (unpaired) electrons. The summed E-state index contributed by atoms with van der Waals surface area (Å²) >= 11 is 0. The molecule has 1 saturated heterocycles. The minimum atomic E-state index is -0.233. The van der Waals surface area contributed by atoms with Crippen molar-refractivity contribution in [1.29, 1.82) is 0 Å². The number of pyridine rings is 1. The molecule has 2 fully saturated rings. The van der Waals surface area contributed by atoms with Crippen LogP contribution in [0, 0.1) is 0 Å². The van der Waals surface area contributed by atoms with Crippen LogP contribution in [0.1, 0.15) is 48.9 Å². The predicted octanol–water partition coefficient (Wildman–Crippen LogP) is 3.94. The number of piperidine rings is 1. The maximum Gasteiger partial charge on any atom is 0.255 e. The van der Waals surface area contributed by atoms with Crippen molar-refractivity contribution in [2.24, 2.45) is 4.99 Å². The van der Waals surface area contributed by atoms with Gasteiger partial charge in [-0.1, -0.05) is 25.0 Å². The molecule has 150 valence electrons. The fourth-order valence-electron chi connectivity index (χ4n) is 4.76. The van der Waals surface area contributed by atoms with Gasteiger partial charge in [0.15, 0.2) is 0 Å².